The molecule has 0 unspecified atom stereocenters. The Hall–Kier alpha value is -3.26. The van der Waals surface area contributed by atoms with Gasteiger partial charge >= 0.3 is 0 Å². The van der Waals surface area contributed by atoms with Gasteiger partial charge in [-0.25, -0.2) is 0 Å². The first-order valence-electron chi connectivity index (χ1n) is 12.3. The lowest BCUT2D eigenvalue weighted by Crippen LogP contribution is -2.24. The molecule has 0 aliphatic carbocycles. The number of allylic oxidation sites excluding steroid dienone is 1. The third-order valence-electron chi connectivity index (χ3n) is 6.37. The van der Waals surface area contributed by atoms with Gasteiger partial charge in [0.05, 0.1) is 42.2 Å². The zero-order chi connectivity index (χ0) is 26.1. The van der Waals surface area contributed by atoms with Crippen LogP contribution in [0.25, 0.3) is 5.76 Å². The van der Waals surface area contributed by atoms with Crippen molar-refractivity contribution < 1.29 is 33.2 Å². The van der Waals surface area contributed by atoms with Crippen molar-refractivity contribution in [3.8, 4) is 34.5 Å². The lowest BCUT2D eigenvalue weighted by Gasteiger charge is -2.26. The molecule has 2 aromatic rings. The highest BCUT2D eigenvalue weighted by Crippen LogP contribution is 2.45. The van der Waals surface area contributed by atoms with Crippen LogP contribution in [-0.4, -0.2) is 66.7 Å². The highest BCUT2D eigenvalue weighted by molar-refractivity contribution is 5.73. The topological polar surface area (TPSA) is 67.9 Å². The van der Waals surface area contributed by atoms with Crippen molar-refractivity contribution in [1.82, 2.24) is 4.90 Å². The lowest BCUT2D eigenvalue weighted by atomic mass is 10.0. The summed E-state index contributed by atoms with van der Waals surface area (Å²) in [5.41, 5.74) is 1.67. The second-order valence-electron chi connectivity index (χ2n) is 8.33. The Bertz CT molecular complexity index is 1020. The second kappa shape index (κ2) is 13.2. The summed E-state index contributed by atoms with van der Waals surface area (Å²) in [5.74, 6) is 4.91. The molecule has 8 nitrogen and oxygen atoms in total. The largest absolute Gasteiger partial charge is 0.496 e. The molecule has 0 fully saturated rings. The Balaban J connectivity index is 1.97. The van der Waals surface area contributed by atoms with Crippen molar-refractivity contribution in [2.45, 2.75) is 33.1 Å². The maximum Gasteiger partial charge on any atom is 0.203 e. The highest BCUT2D eigenvalue weighted by atomic mass is 16.5. The molecule has 0 N–H and O–H groups in total. The van der Waals surface area contributed by atoms with Crippen LogP contribution in [0.15, 0.2) is 30.0 Å². The monoisotopic (exact) mass is 501 g/mol. The van der Waals surface area contributed by atoms with Crippen LogP contribution in [0.2, 0.25) is 0 Å². The van der Waals surface area contributed by atoms with Gasteiger partial charge in [0.15, 0.2) is 17.3 Å². The van der Waals surface area contributed by atoms with Crippen molar-refractivity contribution in [3.63, 3.8) is 0 Å². The Kier molecular flexibility index (Phi) is 9.99. The molecule has 0 atom stereocenters. The predicted molar refractivity (Wildman–Crippen MR) is 140 cm³/mol. The molecule has 1 heterocycles. The normalized spacial score (nSPS) is 12.7. The summed E-state index contributed by atoms with van der Waals surface area (Å²) in [7, 11) is 8.02. The van der Waals surface area contributed by atoms with Crippen molar-refractivity contribution >= 4 is 5.76 Å². The smallest absolute Gasteiger partial charge is 0.203 e. The molecule has 0 amide bonds. The Labute approximate surface area is 214 Å². The Morgan fingerprint density at radius 3 is 2.00 bits per heavy atom. The zero-order valence-corrected chi connectivity index (χ0v) is 22.6. The van der Waals surface area contributed by atoms with Crippen LogP contribution in [0.4, 0.5) is 0 Å². The number of unbranched alkanes of at least 4 members (excludes halogenated alkanes) is 1. The fraction of sp³-hybridized carbons (Fsp3) is 0.500. The van der Waals surface area contributed by atoms with Crippen LogP contribution < -0.4 is 28.4 Å². The molecule has 3 rings (SSSR count). The van der Waals surface area contributed by atoms with Crippen molar-refractivity contribution in [2.24, 2.45) is 0 Å². The van der Waals surface area contributed by atoms with Gasteiger partial charge in [-0.15, -0.1) is 0 Å². The highest BCUT2D eigenvalue weighted by Gasteiger charge is 2.28. The number of nitrogens with zero attached hydrogens (tertiary/aromatic N) is 1. The maximum atomic E-state index is 6.45. The third kappa shape index (κ3) is 6.10. The molecular weight excluding hydrogens is 462 g/mol. The first kappa shape index (κ1) is 27.3. The van der Waals surface area contributed by atoms with Gasteiger partial charge in [0.2, 0.25) is 5.75 Å². The second-order valence-corrected chi connectivity index (χ2v) is 8.33. The van der Waals surface area contributed by atoms with Gasteiger partial charge in [0, 0.05) is 29.7 Å². The first-order chi connectivity index (χ1) is 17.5. The SMILES string of the molecule is CCN(CC)CCCCOC1=C(c2cc(OC)c(OC)c(OC)c2)Oc2cc(OC)cc(OC)c2C1. The van der Waals surface area contributed by atoms with Crippen LogP contribution in [0, 0.1) is 0 Å². The number of methoxy groups -OCH3 is 5. The molecule has 0 aromatic heterocycles. The number of rotatable bonds is 14. The van der Waals surface area contributed by atoms with Crippen LogP contribution in [0.5, 0.6) is 34.5 Å². The van der Waals surface area contributed by atoms with Gasteiger partial charge in [0.1, 0.15) is 23.0 Å². The molecule has 198 valence electrons. The van der Waals surface area contributed by atoms with Crippen molar-refractivity contribution in [1.29, 1.82) is 0 Å². The summed E-state index contributed by atoms with van der Waals surface area (Å²) in [6.45, 7) is 8.13. The lowest BCUT2D eigenvalue weighted by molar-refractivity contribution is 0.184. The molecule has 36 heavy (non-hydrogen) atoms. The molecule has 0 saturated heterocycles. The van der Waals surface area contributed by atoms with E-state index in [1.165, 1.54) is 0 Å². The molecule has 8 heteroatoms. The van der Waals surface area contributed by atoms with E-state index in [0.29, 0.717) is 53.3 Å². The van der Waals surface area contributed by atoms with E-state index in [2.05, 4.69) is 18.7 Å². The van der Waals surface area contributed by atoms with E-state index < -0.39 is 0 Å². The van der Waals surface area contributed by atoms with E-state index in [1.54, 1.807) is 35.5 Å². The number of hydrogen-bond donors (Lipinski definition) is 0. The fourth-order valence-corrected chi connectivity index (χ4v) is 4.29. The van der Waals surface area contributed by atoms with E-state index in [1.807, 2.05) is 24.3 Å². The Morgan fingerprint density at radius 1 is 0.778 bits per heavy atom. The van der Waals surface area contributed by atoms with Gasteiger partial charge in [-0.2, -0.15) is 0 Å². The maximum absolute atomic E-state index is 6.45. The van der Waals surface area contributed by atoms with E-state index >= 15 is 0 Å². The minimum atomic E-state index is 0.516. The Morgan fingerprint density at radius 2 is 1.44 bits per heavy atom. The zero-order valence-electron chi connectivity index (χ0n) is 22.6. The predicted octanol–water partition coefficient (Wildman–Crippen LogP) is 5.17. The van der Waals surface area contributed by atoms with Crippen LogP contribution in [-0.2, 0) is 11.2 Å². The van der Waals surface area contributed by atoms with Gasteiger partial charge < -0.3 is 38.1 Å². The summed E-state index contributed by atoms with van der Waals surface area (Å²) in [6.07, 6.45) is 2.52. The molecule has 0 radical (unpaired) electrons. The van der Waals surface area contributed by atoms with E-state index in [-0.39, 0.29) is 0 Å². The molecule has 0 bridgehead atoms. The van der Waals surface area contributed by atoms with Gasteiger partial charge in [0.25, 0.3) is 0 Å². The summed E-state index contributed by atoms with van der Waals surface area (Å²) >= 11 is 0. The molecule has 0 saturated carbocycles. The minimum Gasteiger partial charge on any atom is -0.496 e. The molecule has 1 aliphatic heterocycles. The average Bonchev–Trinajstić information content (AvgIpc) is 2.92. The van der Waals surface area contributed by atoms with E-state index in [9.17, 15) is 0 Å². The first-order valence-corrected chi connectivity index (χ1v) is 12.3. The molecule has 0 spiro atoms. The third-order valence-corrected chi connectivity index (χ3v) is 6.37. The summed E-state index contributed by atoms with van der Waals surface area (Å²) in [6, 6.07) is 7.44. The fourth-order valence-electron chi connectivity index (χ4n) is 4.29. The van der Waals surface area contributed by atoms with Gasteiger partial charge in [-0.3, -0.25) is 0 Å². The number of hydrogen-bond acceptors (Lipinski definition) is 8. The summed E-state index contributed by atoms with van der Waals surface area (Å²) in [4.78, 5) is 2.42. The van der Waals surface area contributed by atoms with Crippen LogP contribution in [0.3, 0.4) is 0 Å². The standard InChI is InChI=1S/C28H39NO7/c1-8-29(9-2)12-10-11-13-35-26-18-21-22(31-4)16-20(30-3)17-23(21)36-27(26)19-14-24(32-5)28(34-7)25(15-19)33-6/h14-17H,8-13,18H2,1-7H3. The van der Waals surface area contributed by atoms with Crippen molar-refractivity contribution in [2.75, 3.05) is 61.8 Å². The minimum absolute atomic E-state index is 0.516. The van der Waals surface area contributed by atoms with E-state index in [0.717, 1.165) is 49.4 Å². The van der Waals surface area contributed by atoms with Crippen LogP contribution in [0.1, 0.15) is 37.8 Å². The quantitative estimate of drug-likeness (QED) is 0.329. The number of fused-ring (bicyclic) bond motifs is 1. The number of benzene rings is 2. The molecule has 1 aliphatic rings. The van der Waals surface area contributed by atoms with Crippen molar-refractivity contribution in [3.05, 3.63) is 41.2 Å². The van der Waals surface area contributed by atoms with Gasteiger partial charge in [-0.05, 0) is 44.6 Å². The van der Waals surface area contributed by atoms with E-state index in [4.69, 9.17) is 33.2 Å². The van der Waals surface area contributed by atoms with Gasteiger partial charge in [-0.1, -0.05) is 13.8 Å². The summed E-state index contributed by atoms with van der Waals surface area (Å²) in [5, 5.41) is 0. The molecular formula is C28H39NO7. The molecule has 2 aromatic carbocycles. The average molecular weight is 502 g/mol. The summed E-state index contributed by atoms with van der Waals surface area (Å²) < 4.78 is 40.6. The van der Waals surface area contributed by atoms with Crippen LogP contribution >= 0.6 is 0 Å². The number of ether oxygens (including phenoxy) is 7.